The van der Waals surface area contributed by atoms with Crippen LogP contribution in [0, 0.1) is 13.8 Å². The van der Waals surface area contributed by atoms with Gasteiger partial charge in [-0.15, -0.1) is 0 Å². The van der Waals surface area contributed by atoms with Crippen LogP contribution < -0.4 is 14.6 Å². The van der Waals surface area contributed by atoms with Crippen molar-refractivity contribution in [2.75, 3.05) is 38.7 Å². The summed E-state index contributed by atoms with van der Waals surface area (Å²) in [6.45, 7) is 8.34. The number of nitrogens with one attached hydrogen (secondary N) is 1. The number of fused-ring (bicyclic) bond motifs is 2. The lowest BCUT2D eigenvalue weighted by molar-refractivity contribution is -0.645. The highest BCUT2D eigenvalue weighted by molar-refractivity contribution is 7.85. The minimum atomic E-state index is -4.11. The molecule has 234 valence electrons. The van der Waals surface area contributed by atoms with E-state index in [0.717, 1.165) is 17.5 Å². The second-order valence-corrected chi connectivity index (χ2v) is 12.1. The first kappa shape index (κ1) is 33.0. The Labute approximate surface area is 257 Å². The Morgan fingerprint density at radius 1 is 0.864 bits per heavy atom. The monoisotopic (exact) mass is 623 g/mol. The van der Waals surface area contributed by atoms with Crippen molar-refractivity contribution in [1.29, 1.82) is 0 Å². The maximum atomic E-state index is 13.9. The molecule has 1 aromatic heterocycles. The Balaban J connectivity index is 1.54. The molecule has 0 bridgehead atoms. The van der Waals surface area contributed by atoms with Crippen molar-refractivity contribution in [3.05, 3.63) is 82.9 Å². The standard InChI is InChI=1S/C33H38N2O8S/c1-4-16-41-18-19-42-17-14-34-32(36)25-21-23(2)31(24(3)22-25)43-33(37)30-26-10-5-7-12-28(26)35(15-9-20-44(38,39)40)29-13-8-6-11-27(29)30/h5-8,10-13,21-22H,4,9,14-20H2,1-3H3,(H-,34,36,38,39,40)/p+1. The summed E-state index contributed by atoms with van der Waals surface area (Å²) >= 11 is 0. The minimum Gasteiger partial charge on any atom is -0.422 e. The summed E-state index contributed by atoms with van der Waals surface area (Å²) in [6, 6.07) is 18.1. The van der Waals surface area contributed by atoms with Gasteiger partial charge in [0, 0.05) is 37.3 Å². The Morgan fingerprint density at radius 3 is 2.00 bits per heavy atom. The van der Waals surface area contributed by atoms with Crippen LogP contribution in [-0.2, 0) is 26.1 Å². The van der Waals surface area contributed by atoms with Gasteiger partial charge in [0.25, 0.3) is 16.0 Å². The lowest BCUT2D eigenvalue weighted by Gasteiger charge is -2.15. The number of carbonyl (C=O) groups excluding carboxylic acids is 2. The second-order valence-electron chi connectivity index (χ2n) is 10.5. The van der Waals surface area contributed by atoms with Gasteiger partial charge in [0.1, 0.15) is 5.75 Å². The van der Waals surface area contributed by atoms with E-state index in [2.05, 4.69) is 5.32 Å². The molecule has 1 amide bonds. The van der Waals surface area contributed by atoms with E-state index in [4.69, 9.17) is 14.2 Å². The van der Waals surface area contributed by atoms with E-state index in [1.165, 1.54) is 0 Å². The molecule has 44 heavy (non-hydrogen) atoms. The van der Waals surface area contributed by atoms with Crippen LogP contribution in [0.4, 0.5) is 0 Å². The van der Waals surface area contributed by atoms with Gasteiger partial charge in [0.05, 0.1) is 41.9 Å². The lowest BCUT2D eigenvalue weighted by atomic mass is 10.0. The molecule has 0 unspecified atom stereocenters. The molecule has 3 aromatic carbocycles. The number of carbonyl (C=O) groups is 2. The van der Waals surface area contributed by atoms with Gasteiger partial charge in [-0.1, -0.05) is 31.2 Å². The van der Waals surface area contributed by atoms with Crippen LogP contribution in [0.2, 0.25) is 0 Å². The molecule has 4 aromatic rings. The molecule has 0 aliphatic carbocycles. The molecule has 0 aliphatic heterocycles. The van der Waals surface area contributed by atoms with Crippen LogP contribution in [0.5, 0.6) is 5.75 Å². The van der Waals surface area contributed by atoms with Crippen molar-refractivity contribution in [1.82, 2.24) is 5.32 Å². The Kier molecular flexibility index (Phi) is 11.4. The van der Waals surface area contributed by atoms with Crippen LogP contribution in [-0.4, -0.2) is 63.6 Å². The van der Waals surface area contributed by atoms with Gasteiger partial charge >= 0.3 is 5.97 Å². The maximum absolute atomic E-state index is 13.9. The first-order chi connectivity index (χ1) is 21.1. The number of amides is 1. The maximum Gasteiger partial charge on any atom is 0.345 e. The molecule has 10 nitrogen and oxygen atoms in total. The first-order valence-corrected chi connectivity index (χ1v) is 16.3. The SMILES string of the molecule is CCCOCCOCCNC(=O)c1cc(C)c(OC(=O)c2c3ccccc3[n+](CCCS(=O)(=O)O)c3ccccc23)c(C)c1. The van der Waals surface area contributed by atoms with Crippen LogP contribution in [0.3, 0.4) is 0 Å². The summed E-state index contributed by atoms with van der Waals surface area (Å²) in [5, 5.41) is 4.14. The summed E-state index contributed by atoms with van der Waals surface area (Å²) < 4.78 is 50.7. The van der Waals surface area contributed by atoms with Crippen molar-refractivity contribution in [2.45, 2.75) is 40.2 Å². The van der Waals surface area contributed by atoms with Crippen LogP contribution in [0.1, 0.15) is 51.6 Å². The molecule has 1 heterocycles. The molecule has 4 rings (SSSR count). The molecule has 0 radical (unpaired) electrons. The number of nitrogens with zero attached hydrogens (tertiary/aromatic N) is 1. The highest BCUT2D eigenvalue weighted by Crippen LogP contribution is 2.30. The summed E-state index contributed by atoms with van der Waals surface area (Å²) in [5.41, 5.74) is 3.56. The quantitative estimate of drug-likeness (QED) is 0.0492. The molecule has 0 fully saturated rings. The van der Waals surface area contributed by atoms with E-state index in [1.807, 2.05) is 60.0 Å². The third kappa shape index (κ3) is 8.38. The van der Waals surface area contributed by atoms with Gasteiger partial charge in [-0.25, -0.2) is 4.79 Å². The molecule has 0 saturated carbocycles. The number of pyridine rings is 1. The smallest absolute Gasteiger partial charge is 0.345 e. The summed E-state index contributed by atoms with van der Waals surface area (Å²) in [4.78, 5) is 26.6. The number of para-hydroxylation sites is 2. The third-order valence-electron chi connectivity index (χ3n) is 7.09. The Morgan fingerprint density at radius 2 is 1.43 bits per heavy atom. The fraction of sp³-hybridized carbons (Fsp3) is 0.364. The van der Waals surface area contributed by atoms with Crippen LogP contribution in [0.15, 0.2) is 60.7 Å². The third-order valence-corrected chi connectivity index (χ3v) is 7.89. The summed E-state index contributed by atoms with van der Waals surface area (Å²) in [6.07, 6.45) is 1.15. The highest BCUT2D eigenvalue weighted by atomic mass is 32.2. The number of aryl methyl sites for hydroxylation is 3. The number of aromatic nitrogens is 1. The number of hydrogen-bond acceptors (Lipinski definition) is 7. The summed E-state index contributed by atoms with van der Waals surface area (Å²) in [5.74, 6) is -0.800. The van der Waals surface area contributed by atoms with Crippen LogP contribution >= 0.6 is 0 Å². The zero-order valence-corrected chi connectivity index (χ0v) is 26.1. The van der Waals surface area contributed by atoms with Gasteiger partial charge in [-0.2, -0.15) is 13.0 Å². The number of rotatable bonds is 15. The van der Waals surface area contributed by atoms with E-state index >= 15 is 0 Å². The van der Waals surface area contributed by atoms with Gasteiger partial charge in [0.15, 0.2) is 6.54 Å². The summed E-state index contributed by atoms with van der Waals surface area (Å²) in [7, 11) is -4.11. The van der Waals surface area contributed by atoms with Crippen LogP contribution in [0.25, 0.3) is 21.8 Å². The van der Waals surface area contributed by atoms with E-state index in [9.17, 15) is 22.6 Å². The van der Waals surface area contributed by atoms with Crippen molar-refractivity contribution < 1.29 is 41.3 Å². The topological polar surface area (TPSA) is 132 Å². The predicted molar refractivity (Wildman–Crippen MR) is 168 cm³/mol. The largest absolute Gasteiger partial charge is 0.422 e. The molecule has 11 heteroatoms. The molecular formula is C33H39N2O8S+. The van der Waals surface area contributed by atoms with Gasteiger partial charge in [-0.05, 0) is 55.7 Å². The van der Waals surface area contributed by atoms with Crippen molar-refractivity contribution in [2.24, 2.45) is 0 Å². The van der Waals surface area contributed by atoms with E-state index in [-0.39, 0.29) is 18.1 Å². The van der Waals surface area contributed by atoms with Gasteiger partial charge in [0.2, 0.25) is 11.0 Å². The van der Waals surface area contributed by atoms with E-state index in [1.54, 1.807) is 26.0 Å². The molecule has 0 aliphatic rings. The van der Waals surface area contributed by atoms with Crippen molar-refractivity contribution in [3.8, 4) is 5.75 Å². The first-order valence-electron chi connectivity index (χ1n) is 14.7. The fourth-order valence-electron chi connectivity index (χ4n) is 5.17. The zero-order chi connectivity index (χ0) is 31.7. The Bertz CT molecular complexity index is 1670. The van der Waals surface area contributed by atoms with E-state index < -0.39 is 16.1 Å². The Hall–Kier alpha value is -3.90. The van der Waals surface area contributed by atoms with Gasteiger partial charge in [-0.3, -0.25) is 9.35 Å². The molecule has 2 N–H and O–H groups in total. The predicted octanol–water partition coefficient (Wildman–Crippen LogP) is 4.57. The molecule has 0 spiro atoms. The molecule has 0 atom stereocenters. The average Bonchev–Trinajstić information content (AvgIpc) is 2.99. The number of hydrogen-bond donors (Lipinski definition) is 2. The minimum absolute atomic E-state index is 0.195. The zero-order valence-electron chi connectivity index (χ0n) is 25.3. The average molecular weight is 624 g/mol. The second kappa shape index (κ2) is 15.2. The molecule has 0 saturated heterocycles. The normalized spacial score (nSPS) is 11.6. The van der Waals surface area contributed by atoms with Gasteiger partial charge < -0.3 is 19.5 Å². The number of benzene rings is 3. The van der Waals surface area contributed by atoms with Crippen molar-refractivity contribution >= 4 is 43.8 Å². The highest BCUT2D eigenvalue weighted by Gasteiger charge is 2.26. The van der Waals surface area contributed by atoms with E-state index in [0.29, 0.717) is 78.3 Å². The lowest BCUT2D eigenvalue weighted by Crippen LogP contribution is -2.37. The fourth-order valence-corrected chi connectivity index (χ4v) is 5.67. The number of esters is 1. The number of ether oxygens (including phenoxy) is 3. The molecular weight excluding hydrogens is 584 g/mol. The van der Waals surface area contributed by atoms with Crippen molar-refractivity contribution in [3.63, 3.8) is 0 Å².